The van der Waals surface area contributed by atoms with Gasteiger partial charge in [0.15, 0.2) is 0 Å². The van der Waals surface area contributed by atoms with Crippen molar-refractivity contribution in [2.24, 2.45) is 0 Å². The van der Waals surface area contributed by atoms with E-state index in [0.29, 0.717) is 0 Å². The lowest BCUT2D eigenvalue weighted by Gasteiger charge is -2.09. The highest BCUT2D eigenvalue weighted by Crippen LogP contribution is 2.11. The van der Waals surface area contributed by atoms with Crippen molar-refractivity contribution in [2.75, 3.05) is 0 Å². The van der Waals surface area contributed by atoms with Crippen LogP contribution in [0.25, 0.3) is 0 Å². The molecule has 0 fully saturated rings. The van der Waals surface area contributed by atoms with Crippen LogP contribution in [0.3, 0.4) is 0 Å². The molecule has 0 heterocycles. The molecule has 1 rings (SSSR count). The van der Waals surface area contributed by atoms with E-state index in [-0.39, 0.29) is 6.04 Å². The van der Waals surface area contributed by atoms with Crippen LogP contribution in [0.15, 0.2) is 43.0 Å². The predicted octanol–water partition coefficient (Wildman–Crippen LogP) is 1.57. The summed E-state index contributed by atoms with van der Waals surface area (Å²) in [5.41, 5.74) is 1.01. The standard InChI is InChI=1S/C10H10NO/c1-2-10(11-8-12)9-6-4-3-5-7-9/h2-7,10H,1H2,(H,11,12)/i9+1. The quantitative estimate of drug-likeness (QED) is 0.527. The summed E-state index contributed by atoms with van der Waals surface area (Å²) in [5, 5.41) is 2.52. The van der Waals surface area contributed by atoms with E-state index in [1.807, 2.05) is 30.3 Å². The van der Waals surface area contributed by atoms with Gasteiger partial charge in [-0.2, -0.15) is 0 Å². The fraction of sp³-hybridized carbons (Fsp3) is 0.100. The van der Waals surface area contributed by atoms with E-state index in [1.54, 1.807) is 12.5 Å². The smallest absolute Gasteiger partial charge is 0.310 e. The van der Waals surface area contributed by atoms with Crippen molar-refractivity contribution in [3.63, 3.8) is 0 Å². The van der Waals surface area contributed by atoms with Gasteiger partial charge in [-0.25, -0.2) is 0 Å². The molecule has 1 amide bonds. The highest BCUT2D eigenvalue weighted by molar-refractivity contribution is 5.49. The second kappa shape index (κ2) is 4.34. The highest BCUT2D eigenvalue weighted by atomic mass is 16.1. The third-order valence-electron chi connectivity index (χ3n) is 1.61. The monoisotopic (exact) mass is 161 g/mol. The molecule has 0 aliphatic carbocycles. The van der Waals surface area contributed by atoms with Gasteiger partial charge in [0.1, 0.15) is 0 Å². The first-order chi connectivity index (χ1) is 5.88. The van der Waals surface area contributed by atoms with Gasteiger partial charge in [-0.1, -0.05) is 36.4 Å². The zero-order valence-electron chi connectivity index (χ0n) is 6.66. The Kier molecular flexibility index (Phi) is 3.08. The van der Waals surface area contributed by atoms with E-state index in [9.17, 15) is 4.79 Å². The number of nitrogens with one attached hydrogen (secondary N) is 1. The molecule has 0 spiro atoms. The minimum atomic E-state index is -0.135. The Bertz CT molecular complexity index is 256. The predicted molar refractivity (Wildman–Crippen MR) is 48.2 cm³/mol. The van der Waals surface area contributed by atoms with Crippen LogP contribution in [-0.2, 0) is 4.79 Å². The summed E-state index contributed by atoms with van der Waals surface area (Å²) in [4.78, 5) is 10.1. The second-order valence-corrected chi connectivity index (χ2v) is 2.37. The SMILES string of the molecule is C=CC(N[C]=O)[13c]1ccccc1. The Hall–Kier alpha value is -1.57. The van der Waals surface area contributed by atoms with E-state index in [2.05, 4.69) is 11.9 Å². The van der Waals surface area contributed by atoms with Crippen LogP contribution < -0.4 is 5.32 Å². The number of hydrogen-bond acceptors (Lipinski definition) is 1. The van der Waals surface area contributed by atoms with Crippen LogP contribution in [0.1, 0.15) is 11.6 Å². The minimum absolute atomic E-state index is 0.135. The van der Waals surface area contributed by atoms with Crippen LogP contribution in [-0.4, -0.2) is 6.41 Å². The third-order valence-corrected chi connectivity index (χ3v) is 1.61. The van der Waals surface area contributed by atoms with Crippen molar-refractivity contribution in [1.82, 2.24) is 5.32 Å². The molecular formula is C10H10NO. The first kappa shape index (κ1) is 8.53. The average Bonchev–Trinajstić information content (AvgIpc) is 2.15. The van der Waals surface area contributed by atoms with Crippen molar-refractivity contribution in [3.05, 3.63) is 48.6 Å². The molecule has 0 saturated carbocycles. The van der Waals surface area contributed by atoms with E-state index < -0.39 is 0 Å². The fourth-order valence-corrected chi connectivity index (χ4v) is 1.00. The van der Waals surface area contributed by atoms with Crippen LogP contribution in [0.2, 0.25) is 0 Å². The summed E-state index contributed by atoms with van der Waals surface area (Å²) in [6.45, 7) is 3.61. The van der Waals surface area contributed by atoms with Crippen LogP contribution in [0.4, 0.5) is 0 Å². The molecule has 1 N–H and O–H groups in total. The van der Waals surface area contributed by atoms with Gasteiger partial charge in [0.25, 0.3) is 0 Å². The topological polar surface area (TPSA) is 29.1 Å². The van der Waals surface area contributed by atoms with Crippen molar-refractivity contribution in [3.8, 4) is 0 Å². The maximum absolute atomic E-state index is 10.1. The Balaban J connectivity index is 2.79. The largest absolute Gasteiger partial charge is 0.338 e. The maximum Gasteiger partial charge on any atom is 0.310 e. The molecular weight excluding hydrogens is 151 g/mol. The van der Waals surface area contributed by atoms with Gasteiger partial charge >= 0.3 is 6.41 Å². The van der Waals surface area contributed by atoms with E-state index in [1.165, 1.54) is 0 Å². The molecule has 0 aliphatic rings. The number of hydrogen-bond donors (Lipinski definition) is 1. The molecule has 12 heavy (non-hydrogen) atoms. The summed E-state index contributed by atoms with van der Waals surface area (Å²) in [6.07, 6.45) is 3.31. The molecule has 0 aliphatic heterocycles. The van der Waals surface area contributed by atoms with Crippen molar-refractivity contribution >= 4 is 6.41 Å². The lowest BCUT2D eigenvalue weighted by Crippen LogP contribution is -2.16. The average molecular weight is 161 g/mol. The van der Waals surface area contributed by atoms with Crippen molar-refractivity contribution in [1.29, 1.82) is 0 Å². The molecule has 1 aromatic rings. The van der Waals surface area contributed by atoms with Crippen molar-refractivity contribution < 1.29 is 4.79 Å². The van der Waals surface area contributed by atoms with Gasteiger partial charge in [-0.3, -0.25) is 4.79 Å². The minimum Gasteiger partial charge on any atom is -0.338 e. The van der Waals surface area contributed by atoms with Gasteiger partial charge < -0.3 is 5.32 Å². The lowest BCUT2D eigenvalue weighted by atomic mass is 10.3. The van der Waals surface area contributed by atoms with Crippen LogP contribution in [0.5, 0.6) is 0 Å². The van der Waals surface area contributed by atoms with Crippen LogP contribution >= 0.6 is 0 Å². The van der Waals surface area contributed by atoms with Crippen molar-refractivity contribution in [2.45, 2.75) is 6.04 Å². The van der Waals surface area contributed by atoms with Gasteiger partial charge in [0.05, 0.1) is 6.04 Å². The Labute approximate surface area is 71.9 Å². The maximum atomic E-state index is 10.1. The van der Waals surface area contributed by atoms with E-state index in [4.69, 9.17) is 0 Å². The molecule has 1 radical (unpaired) electrons. The third kappa shape index (κ3) is 1.95. The summed E-state index contributed by atoms with van der Waals surface area (Å²) in [5.74, 6) is 0. The van der Waals surface area contributed by atoms with E-state index >= 15 is 0 Å². The second-order valence-electron chi connectivity index (χ2n) is 2.37. The summed E-state index contributed by atoms with van der Waals surface area (Å²) >= 11 is 0. The zero-order chi connectivity index (χ0) is 8.81. The summed E-state index contributed by atoms with van der Waals surface area (Å²) in [7, 11) is 0. The Morgan fingerprint density at radius 1 is 1.42 bits per heavy atom. The number of amides is 1. The zero-order valence-corrected chi connectivity index (χ0v) is 6.66. The number of rotatable bonds is 4. The lowest BCUT2D eigenvalue weighted by molar-refractivity contribution is 0.536. The molecule has 1 atom stereocenters. The molecule has 0 bridgehead atoms. The molecule has 2 heteroatoms. The summed E-state index contributed by atoms with van der Waals surface area (Å²) in [6, 6.07) is 9.47. The van der Waals surface area contributed by atoms with E-state index in [0.717, 1.165) is 5.56 Å². The highest BCUT2D eigenvalue weighted by Gasteiger charge is 2.03. The normalized spacial score (nSPS) is 11.7. The van der Waals surface area contributed by atoms with Gasteiger partial charge in [-0.15, -0.1) is 6.58 Å². The number of benzene rings is 1. The molecule has 1 aromatic carbocycles. The van der Waals surface area contributed by atoms with Gasteiger partial charge in [0, 0.05) is 0 Å². The van der Waals surface area contributed by atoms with Gasteiger partial charge in [-0.05, 0) is 5.56 Å². The molecule has 0 aromatic heterocycles. The Morgan fingerprint density at radius 3 is 2.58 bits per heavy atom. The summed E-state index contributed by atoms with van der Waals surface area (Å²) < 4.78 is 0. The first-order valence-corrected chi connectivity index (χ1v) is 3.68. The van der Waals surface area contributed by atoms with Gasteiger partial charge in [0.2, 0.25) is 0 Å². The first-order valence-electron chi connectivity index (χ1n) is 3.68. The van der Waals surface area contributed by atoms with Crippen LogP contribution in [0, 0.1) is 0 Å². The number of carbonyl (C=O) groups excluding carboxylic acids is 1. The fourth-order valence-electron chi connectivity index (χ4n) is 1.00. The molecule has 2 nitrogen and oxygen atoms in total. The molecule has 0 saturated heterocycles. The molecule has 1 unspecified atom stereocenters. The molecule has 61 valence electrons. The Morgan fingerprint density at radius 2 is 2.08 bits per heavy atom.